The van der Waals surface area contributed by atoms with Crippen molar-refractivity contribution in [1.82, 2.24) is 20.3 Å². The zero-order valence-electron chi connectivity index (χ0n) is 15.2. The second-order valence-electron chi connectivity index (χ2n) is 7.36. The molecule has 134 valence electrons. The summed E-state index contributed by atoms with van der Waals surface area (Å²) in [7, 11) is 0. The zero-order valence-corrected chi connectivity index (χ0v) is 15.2. The van der Waals surface area contributed by atoms with Gasteiger partial charge in [-0.1, -0.05) is 32.0 Å². The number of benzene rings is 1. The Morgan fingerprint density at radius 3 is 2.88 bits per heavy atom. The van der Waals surface area contributed by atoms with Crippen molar-refractivity contribution >= 4 is 16.9 Å². The van der Waals surface area contributed by atoms with E-state index in [-0.39, 0.29) is 23.8 Å². The molecule has 26 heavy (non-hydrogen) atoms. The first-order valence-corrected chi connectivity index (χ1v) is 9.32. The molecule has 0 aliphatic heterocycles. The molecule has 1 aliphatic rings. The van der Waals surface area contributed by atoms with Crippen LogP contribution in [0.25, 0.3) is 11.0 Å². The number of hydrogen-bond donors (Lipinski definition) is 2. The van der Waals surface area contributed by atoms with Crippen molar-refractivity contribution in [3.8, 4) is 0 Å². The van der Waals surface area contributed by atoms with Crippen LogP contribution >= 0.6 is 0 Å². The minimum absolute atomic E-state index is 0.0452. The third-order valence-electron chi connectivity index (χ3n) is 5.18. The van der Waals surface area contributed by atoms with E-state index in [1.54, 1.807) is 6.20 Å². The molecule has 0 saturated heterocycles. The van der Waals surface area contributed by atoms with Crippen LogP contribution in [-0.2, 0) is 11.2 Å². The third kappa shape index (κ3) is 3.09. The molecule has 2 atom stereocenters. The molecular formula is C21H24N4O. The van der Waals surface area contributed by atoms with Gasteiger partial charge in [0.2, 0.25) is 5.91 Å². The topological polar surface area (TPSA) is 70.7 Å². The molecule has 0 bridgehead atoms. The van der Waals surface area contributed by atoms with Crippen molar-refractivity contribution in [2.75, 3.05) is 0 Å². The zero-order chi connectivity index (χ0) is 18.1. The fraction of sp³-hybridized carbons (Fsp3) is 0.381. The number of aryl methyl sites for hydroxylation is 1. The molecule has 2 aromatic heterocycles. The monoisotopic (exact) mass is 348 g/mol. The number of imidazole rings is 1. The first kappa shape index (κ1) is 16.8. The smallest absolute Gasteiger partial charge is 0.229 e. The average molecular weight is 348 g/mol. The Morgan fingerprint density at radius 2 is 2.08 bits per heavy atom. The Kier molecular flexibility index (Phi) is 4.45. The van der Waals surface area contributed by atoms with Gasteiger partial charge in [-0.25, -0.2) is 4.98 Å². The van der Waals surface area contributed by atoms with Crippen LogP contribution in [0.1, 0.15) is 55.7 Å². The summed E-state index contributed by atoms with van der Waals surface area (Å²) in [4.78, 5) is 25.6. The number of H-pyrrole nitrogens is 1. The standard InChI is InChI=1S/C21H24N4O/c1-13(2)18(20-23-16-10-3-4-11-17(16)24-20)25-21(26)15-9-5-7-14-8-6-12-22-19(14)15/h3-4,6,8,10-13,15,18H,5,7,9H2,1-2H3,(H,23,24)(H,25,26)/t15?,18-/m0/s1. The number of pyridine rings is 1. The summed E-state index contributed by atoms with van der Waals surface area (Å²) in [5, 5.41) is 3.23. The highest BCUT2D eigenvalue weighted by molar-refractivity contribution is 5.84. The predicted molar refractivity (Wildman–Crippen MR) is 102 cm³/mol. The number of para-hydroxylation sites is 2. The van der Waals surface area contributed by atoms with Gasteiger partial charge in [0.15, 0.2) is 0 Å². The molecule has 4 rings (SSSR count). The van der Waals surface area contributed by atoms with E-state index >= 15 is 0 Å². The number of hydrogen-bond acceptors (Lipinski definition) is 3. The van der Waals surface area contributed by atoms with Crippen molar-refractivity contribution < 1.29 is 4.79 Å². The average Bonchev–Trinajstić information content (AvgIpc) is 3.08. The van der Waals surface area contributed by atoms with Gasteiger partial charge in [-0.3, -0.25) is 9.78 Å². The van der Waals surface area contributed by atoms with E-state index in [4.69, 9.17) is 4.98 Å². The summed E-state index contributed by atoms with van der Waals surface area (Å²) in [5.41, 5.74) is 4.05. The summed E-state index contributed by atoms with van der Waals surface area (Å²) in [6, 6.07) is 11.8. The van der Waals surface area contributed by atoms with Crippen molar-refractivity contribution in [1.29, 1.82) is 0 Å². The van der Waals surface area contributed by atoms with E-state index in [2.05, 4.69) is 35.2 Å². The van der Waals surface area contributed by atoms with Gasteiger partial charge < -0.3 is 10.3 Å². The lowest BCUT2D eigenvalue weighted by Gasteiger charge is -2.27. The number of amides is 1. The van der Waals surface area contributed by atoms with Crippen molar-refractivity contribution in [3.05, 3.63) is 59.7 Å². The van der Waals surface area contributed by atoms with E-state index < -0.39 is 0 Å². The molecule has 1 unspecified atom stereocenters. The van der Waals surface area contributed by atoms with Crippen LogP contribution in [-0.4, -0.2) is 20.9 Å². The molecule has 0 saturated carbocycles. The van der Waals surface area contributed by atoms with Crippen LogP contribution in [0.4, 0.5) is 0 Å². The normalized spacial score (nSPS) is 17.9. The molecule has 1 aliphatic carbocycles. The lowest BCUT2D eigenvalue weighted by Crippen LogP contribution is -2.37. The molecule has 3 aromatic rings. The van der Waals surface area contributed by atoms with Crippen LogP contribution in [0, 0.1) is 5.92 Å². The molecule has 2 heterocycles. The third-order valence-corrected chi connectivity index (χ3v) is 5.18. The number of aromatic nitrogens is 3. The minimum atomic E-state index is -0.175. The molecule has 0 radical (unpaired) electrons. The fourth-order valence-electron chi connectivity index (χ4n) is 3.79. The predicted octanol–water partition coefficient (Wildman–Crippen LogP) is 3.89. The fourth-order valence-corrected chi connectivity index (χ4v) is 3.79. The van der Waals surface area contributed by atoms with Crippen LogP contribution < -0.4 is 5.32 Å². The van der Waals surface area contributed by atoms with Gasteiger partial charge in [-0.2, -0.15) is 0 Å². The number of rotatable bonds is 4. The number of nitrogens with zero attached hydrogens (tertiary/aromatic N) is 2. The summed E-state index contributed by atoms with van der Waals surface area (Å²) in [6.45, 7) is 4.20. The quantitative estimate of drug-likeness (QED) is 0.751. The Balaban J connectivity index is 1.60. The first-order valence-electron chi connectivity index (χ1n) is 9.32. The van der Waals surface area contributed by atoms with Gasteiger partial charge in [0.05, 0.1) is 28.7 Å². The van der Waals surface area contributed by atoms with E-state index in [1.807, 2.05) is 30.3 Å². The highest BCUT2D eigenvalue weighted by Gasteiger charge is 2.31. The number of carbonyl (C=O) groups is 1. The summed E-state index contributed by atoms with van der Waals surface area (Å²) in [5.74, 6) is 0.910. The maximum atomic E-state index is 13.1. The molecule has 0 fully saturated rings. The Bertz CT molecular complexity index is 897. The number of carbonyl (C=O) groups excluding carboxylic acids is 1. The molecule has 5 heteroatoms. The van der Waals surface area contributed by atoms with Crippen molar-refractivity contribution in [2.45, 2.75) is 45.1 Å². The number of fused-ring (bicyclic) bond motifs is 2. The molecule has 1 amide bonds. The minimum Gasteiger partial charge on any atom is -0.345 e. The second-order valence-corrected chi connectivity index (χ2v) is 7.36. The maximum absolute atomic E-state index is 13.1. The lowest BCUT2D eigenvalue weighted by molar-refractivity contribution is -0.124. The van der Waals surface area contributed by atoms with Gasteiger partial charge in [0.25, 0.3) is 0 Å². The lowest BCUT2D eigenvalue weighted by atomic mass is 9.85. The Morgan fingerprint density at radius 1 is 1.23 bits per heavy atom. The van der Waals surface area contributed by atoms with Gasteiger partial charge in [-0.15, -0.1) is 0 Å². The van der Waals surface area contributed by atoms with Gasteiger partial charge in [0.1, 0.15) is 5.82 Å². The van der Waals surface area contributed by atoms with E-state index in [1.165, 1.54) is 5.56 Å². The van der Waals surface area contributed by atoms with E-state index in [0.717, 1.165) is 41.8 Å². The summed E-state index contributed by atoms with van der Waals surface area (Å²) < 4.78 is 0. The first-order chi connectivity index (χ1) is 12.6. The van der Waals surface area contributed by atoms with Gasteiger partial charge in [-0.05, 0) is 48.9 Å². The van der Waals surface area contributed by atoms with Gasteiger partial charge in [0, 0.05) is 6.20 Å². The van der Waals surface area contributed by atoms with Crippen LogP contribution in [0.15, 0.2) is 42.6 Å². The van der Waals surface area contributed by atoms with E-state index in [9.17, 15) is 4.79 Å². The Hall–Kier alpha value is -2.69. The van der Waals surface area contributed by atoms with Crippen LogP contribution in [0.5, 0.6) is 0 Å². The highest BCUT2D eigenvalue weighted by atomic mass is 16.2. The highest BCUT2D eigenvalue weighted by Crippen LogP contribution is 2.31. The molecular weight excluding hydrogens is 324 g/mol. The van der Waals surface area contributed by atoms with Crippen molar-refractivity contribution in [3.63, 3.8) is 0 Å². The van der Waals surface area contributed by atoms with E-state index in [0.29, 0.717) is 0 Å². The number of aromatic amines is 1. The summed E-state index contributed by atoms with van der Waals surface area (Å²) in [6.07, 6.45) is 4.66. The second kappa shape index (κ2) is 6.90. The van der Waals surface area contributed by atoms with Gasteiger partial charge >= 0.3 is 0 Å². The summed E-state index contributed by atoms with van der Waals surface area (Å²) >= 11 is 0. The Labute approximate surface area is 153 Å². The number of nitrogens with one attached hydrogen (secondary N) is 2. The van der Waals surface area contributed by atoms with Crippen LogP contribution in [0.2, 0.25) is 0 Å². The molecule has 2 N–H and O–H groups in total. The maximum Gasteiger partial charge on any atom is 0.229 e. The van der Waals surface area contributed by atoms with Crippen molar-refractivity contribution in [2.24, 2.45) is 5.92 Å². The molecule has 1 aromatic carbocycles. The molecule has 5 nitrogen and oxygen atoms in total. The SMILES string of the molecule is CC(C)[C@H](NC(=O)C1CCCc2cccnc21)c1nc2ccccc2[nH]1. The largest absolute Gasteiger partial charge is 0.345 e. The molecule has 0 spiro atoms. The van der Waals surface area contributed by atoms with Crippen LogP contribution in [0.3, 0.4) is 0 Å².